The second kappa shape index (κ2) is 7.60. The normalized spacial score (nSPS) is 22.9. The molecule has 2 aliphatic rings. The van der Waals surface area contributed by atoms with E-state index in [4.69, 9.17) is 0 Å². The number of nitrogens with one attached hydrogen (secondary N) is 1. The van der Waals surface area contributed by atoms with Crippen molar-refractivity contribution in [1.82, 2.24) is 10.2 Å². The van der Waals surface area contributed by atoms with E-state index >= 15 is 0 Å². The number of thiophene rings is 1. The highest BCUT2D eigenvalue weighted by Gasteiger charge is 2.24. The second-order valence-corrected chi connectivity index (χ2v) is 7.74. The van der Waals surface area contributed by atoms with E-state index in [9.17, 15) is 4.79 Å². The molecular formula is C18H28N2OS. The van der Waals surface area contributed by atoms with Gasteiger partial charge in [-0.3, -0.25) is 9.69 Å². The van der Waals surface area contributed by atoms with Gasteiger partial charge in [-0.25, -0.2) is 0 Å². The lowest BCUT2D eigenvalue weighted by Crippen LogP contribution is -2.39. The zero-order valence-corrected chi connectivity index (χ0v) is 14.5. The third-order valence-corrected chi connectivity index (χ3v) is 6.36. The zero-order chi connectivity index (χ0) is 15.4. The van der Waals surface area contributed by atoms with Crippen LogP contribution in [0.4, 0.5) is 0 Å². The summed E-state index contributed by atoms with van der Waals surface area (Å²) in [4.78, 5) is 17.3. The predicted molar refractivity (Wildman–Crippen MR) is 92.8 cm³/mol. The Morgan fingerprint density at radius 3 is 2.91 bits per heavy atom. The zero-order valence-electron chi connectivity index (χ0n) is 13.7. The number of carbonyl (C=O) groups excluding carboxylic acids is 1. The standard InChI is InChI=1S/C18H28N2OS/c1-2-20-11-7-9-15(20)13-19-18(21)17-12-14-8-5-3-4-6-10-16(14)22-17/h12,15H,2-11,13H2,1H3,(H,19,21)/t15-/m0/s1. The number of aryl methyl sites for hydroxylation is 2. The number of rotatable bonds is 4. The van der Waals surface area contributed by atoms with Crippen molar-refractivity contribution in [2.24, 2.45) is 0 Å². The topological polar surface area (TPSA) is 32.3 Å². The molecule has 3 nitrogen and oxygen atoms in total. The number of likely N-dealkylation sites (tertiary alicyclic amines) is 1. The number of nitrogens with zero attached hydrogens (tertiary/aromatic N) is 1. The summed E-state index contributed by atoms with van der Waals surface area (Å²) in [5, 5.41) is 3.18. The van der Waals surface area contributed by atoms with Crippen LogP contribution in [0.2, 0.25) is 0 Å². The van der Waals surface area contributed by atoms with Gasteiger partial charge in [0.15, 0.2) is 0 Å². The summed E-state index contributed by atoms with van der Waals surface area (Å²) < 4.78 is 0. The fraction of sp³-hybridized carbons (Fsp3) is 0.722. The van der Waals surface area contributed by atoms with Gasteiger partial charge in [-0.15, -0.1) is 11.3 Å². The van der Waals surface area contributed by atoms with Gasteiger partial charge < -0.3 is 5.32 Å². The fourth-order valence-corrected chi connectivity index (χ4v) is 4.97. The van der Waals surface area contributed by atoms with Crippen molar-refractivity contribution in [3.05, 3.63) is 21.4 Å². The number of carbonyl (C=O) groups is 1. The number of amides is 1. The molecule has 4 heteroatoms. The van der Waals surface area contributed by atoms with Crippen molar-refractivity contribution in [3.63, 3.8) is 0 Å². The molecule has 1 saturated heterocycles. The molecule has 0 bridgehead atoms. The molecule has 1 aliphatic heterocycles. The van der Waals surface area contributed by atoms with Crippen LogP contribution < -0.4 is 5.32 Å². The molecule has 1 fully saturated rings. The summed E-state index contributed by atoms with van der Waals surface area (Å²) in [5.74, 6) is 0.139. The van der Waals surface area contributed by atoms with Gasteiger partial charge in [0, 0.05) is 17.5 Å². The Hall–Kier alpha value is -0.870. The summed E-state index contributed by atoms with van der Waals surface area (Å²) >= 11 is 1.73. The van der Waals surface area contributed by atoms with Crippen LogP contribution in [0.25, 0.3) is 0 Å². The number of hydrogen-bond donors (Lipinski definition) is 1. The average Bonchev–Trinajstić information content (AvgIpc) is 3.11. The Labute approximate surface area is 138 Å². The highest BCUT2D eigenvalue weighted by atomic mass is 32.1. The minimum Gasteiger partial charge on any atom is -0.350 e. The molecule has 122 valence electrons. The highest BCUT2D eigenvalue weighted by Crippen LogP contribution is 2.28. The minimum atomic E-state index is 0.139. The van der Waals surface area contributed by atoms with Gasteiger partial charge >= 0.3 is 0 Å². The SMILES string of the molecule is CCN1CCC[C@H]1CNC(=O)c1cc2c(s1)CCCCCC2. The van der Waals surface area contributed by atoms with Gasteiger partial charge in [0.25, 0.3) is 5.91 Å². The highest BCUT2D eigenvalue weighted by molar-refractivity contribution is 7.14. The first-order chi connectivity index (χ1) is 10.8. The summed E-state index contributed by atoms with van der Waals surface area (Å²) in [6.07, 6.45) is 10.0. The Morgan fingerprint density at radius 2 is 2.09 bits per heavy atom. The van der Waals surface area contributed by atoms with Crippen molar-refractivity contribution < 1.29 is 4.79 Å². The average molecular weight is 321 g/mol. The molecule has 1 atom stereocenters. The molecule has 2 heterocycles. The molecule has 1 aromatic heterocycles. The maximum atomic E-state index is 12.5. The molecule has 0 saturated carbocycles. The molecular weight excluding hydrogens is 292 g/mol. The van der Waals surface area contributed by atoms with Crippen molar-refractivity contribution >= 4 is 17.2 Å². The molecule has 0 spiro atoms. The predicted octanol–water partition coefficient (Wildman–Crippen LogP) is 3.62. The van der Waals surface area contributed by atoms with Gasteiger partial charge in [0.05, 0.1) is 4.88 Å². The third kappa shape index (κ3) is 3.72. The molecule has 0 aromatic carbocycles. The number of likely N-dealkylation sites (N-methyl/N-ethyl adjacent to an activating group) is 1. The van der Waals surface area contributed by atoms with Crippen LogP contribution in [-0.2, 0) is 12.8 Å². The van der Waals surface area contributed by atoms with Gasteiger partial charge in [0.2, 0.25) is 0 Å². The van der Waals surface area contributed by atoms with Crippen LogP contribution in [0, 0.1) is 0 Å². The summed E-state index contributed by atoms with van der Waals surface area (Å²) in [6.45, 7) is 5.28. The molecule has 0 radical (unpaired) electrons. The van der Waals surface area contributed by atoms with E-state index < -0.39 is 0 Å². The fourth-order valence-electron chi connectivity index (χ4n) is 3.80. The van der Waals surface area contributed by atoms with Crippen molar-refractivity contribution in [1.29, 1.82) is 0 Å². The van der Waals surface area contributed by atoms with E-state index in [-0.39, 0.29) is 5.91 Å². The van der Waals surface area contributed by atoms with E-state index in [0.29, 0.717) is 6.04 Å². The lowest BCUT2D eigenvalue weighted by molar-refractivity contribution is 0.0945. The molecule has 22 heavy (non-hydrogen) atoms. The largest absolute Gasteiger partial charge is 0.350 e. The maximum absolute atomic E-state index is 12.5. The Morgan fingerprint density at radius 1 is 1.27 bits per heavy atom. The molecule has 1 aromatic rings. The number of fused-ring (bicyclic) bond motifs is 1. The van der Waals surface area contributed by atoms with Crippen LogP contribution in [0.1, 0.15) is 65.6 Å². The van der Waals surface area contributed by atoms with Crippen LogP contribution in [0.5, 0.6) is 0 Å². The van der Waals surface area contributed by atoms with Crippen LogP contribution >= 0.6 is 11.3 Å². The Balaban J connectivity index is 1.59. The molecule has 3 rings (SSSR count). The van der Waals surface area contributed by atoms with Crippen LogP contribution in [-0.4, -0.2) is 36.5 Å². The first kappa shape index (κ1) is 16.0. The van der Waals surface area contributed by atoms with Crippen molar-refractivity contribution in [3.8, 4) is 0 Å². The first-order valence-electron chi connectivity index (χ1n) is 8.91. The summed E-state index contributed by atoms with van der Waals surface area (Å²) in [5.41, 5.74) is 1.44. The lowest BCUT2D eigenvalue weighted by Gasteiger charge is -2.22. The third-order valence-electron chi connectivity index (χ3n) is 5.12. The van der Waals surface area contributed by atoms with E-state index in [1.54, 1.807) is 11.3 Å². The molecule has 1 amide bonds. The Kier molecular flexibility index (Phi) is 5.53. The lowest BCUT2D eigenvalue weighted by atomic mass is 10.00. The van der Waals surface area contributed by atoms with E-state index in [1.165, 1.54) is 61.9 Å². The monoisotopic (exact) mass is 320 g/mol. The van der Waals surface area contributed by atoms with Crippen LogP contribution in [0.3, 0.4) is 0 Å². The molecule has 1 aliphatic carbocycles. The van der Waals surface area contributed by atoms with Gasteiger partial charge in [-0.05, 0) is 63.2 Å². The molecule has 1 N–H and O–H groups in total. The van der Waals surface area contributed by atoms with E-state index in [1.807, 2.05) is 0 Å². The van der Waals surface area contributed by atoms with Gasteiger partial charge in [-0.2, -0.15) is 0 Å². The minimum absolute atomic E-state index is 0.139. The van der Waals surface area contributed by atoms with Crippen molar-refractivity contribution in [2.75, 3.05) is 19.6 Å². The molecule has 0 unspecified atom stereocenters. The van der Waals surface area contributed by atoms with E-state index in [2.05, 4.69) is 23.2 Å². The van der Waals surface area contributed by atoms with Crippen molar-refractivity contribution in [2.45, 2.75) is 64.3 Å². The van der Waals surface area contributed by atoms with Gasteiger partial charge in [0.1, 0.15) is 0 Å². The Bertz CT molecular complexity index is 486. The maximum Gasteiger partial charge on any atom is 0.261 e. The smallest absolute Gasteiger partial charge is 0.261 e. The van der Waals surface area contributed by atoms with Crippen LogP contribution in [0.15, 0.2) is 6.07 Å². The second-order valence-electron chi connectivity index (χ2n) is 6.61. The summed E-state index contributed by atoms with van der Waals surface area (Å²) in [7, 11) is 0. The number of hydrogen-bond acceptors (Lipinski definition) is 3. The quantitative estimate of drug-likeness (QED) is 0.919. The van der Waals surface area contributed by atoms with Gasteiger partial charge in [-0.1, -0.05) is 19.8 Å². The summed E-state index contributed by atoms with van der Waals surface area (Å²) in [6, 6.07) is 2.70. The van der Waals surface area contributed by atoms with E-state index in [0.717, 1.165) is 24.4 Å². The first-order valence-corrected chi connectivity index (χ1v) is 9.73.